The van der Waals surface area contributed by atoms with Crippen LogP contribution in [0.5, 0.6) is 0 Å². The molecule has 2 atom stereocenters. The van der Waals surface area contributed by atoms with E-state index in [4.69, 9.17) is 11.6 Å². The smallest absolute Gasteiger partial charge is 0.227 e. The molecule has 0 N–H and O–H groups in total. The van der Waals surface area contributed by atoms with E-state index in [2.05, 4.69) is 4.90 Å². The fraction of sp³-hybridized carbons (Fsp3) is 0.619. The number of benzene rings is 1. The molecule has 4 heteroatoms. The van der Waals surface area contributed by atoms with E-state index >= 15 is 0 Å². The van der Waals surface area contributed by atoms with Crippen molar-refractivity contribution in [2.24, 2.45) is 23.7 Å². The zero-order chi connectivity index (χ0) is 17.2. The number of nitrogens with zero attached hydrogens (tertiary/aromatic N) is 1. The van der Waals surface area contributed by atoms with E-state index in [1.165, 1.54) is 19.3 Å². The molecule has 25 heavy (non-hydrogen) atoms. The lowest BCUT2D eigenvalue weighted by Crippen LogP contribution is -2.61. The minimum absolute atomic E-state index is 0.0343. The molecule has 0 unspecified atom stereocenters. The number of amides is 1. The highest BCUT2D eigenvalue weighted by Crippen LogP contribution is 2.61. The first kappa shape index (κ1) is 15.9. The Bertz CT molecular complexity index is 681. The summed E-state index contributed by atoms with van der Waals surface area (Å²) >= 11 is 5.95. The highest BCUT2D eigenvalue weighted by Gasteiger charge is 2.59. The number of rotatable bonds is 3. The zero-order valence-corrected chi connectivity index (χ0v) is 15.1. The van der Waals surface area contributed by atoms with Gasteiger partial charge in [-0.15, -0.1) is 0 Å². The molecule has 0 aromatic heterocycles. The van der Waals surface area contributed by atoms with Crippen LogP contribution in [0.1, 0.15) is 56.6 Å². The van der Waals surface area contributed by atoms with E-state index in [9.17, 15) is 9.59 Å². The quantitative estimate of drug-likeness (QED) is 0.756. The molecule has 0 radical (unpaired) electrons. The van der Waals surface area contributed by atoms with Crippen LogP contribution in [0.3, 0.4) is 0 Å². The van der Waals surface area contributed by atoms with Gasteiger partial charge in [0.25, 0.3) is 0 Å². The largest absolute Gasteiger partial charge is 0.329 e. The van der Waals surface area contributed by atoms with Crippen molar-refractivity contribution in [2.75, 3.05) is 0 Å². The second kappa shape index (κ2) is 5.57. The van der Waals surface area contributed by atoms with Crippen molar-refractivity contribution < 1.29 is 9.59 Å². The Labute approximate surface area is 153 Å². The lowest BCUT2D eigenvalue weighted by molar-refractivity contribution is -0.150. The maximum Gasteiger partial charge on any atom is 0.227 e. The molecule has 1 aromatic carbocycles. The summed E-state index contributed by atoms with van der Waals surface area (Å²) in [7, 11) is 0. The first-order valence-corrected chi connectivity index (χ1v) is 10.00. The molecule has 132 valence electrons. The van der Waals surface area contributed by atoms with Crippen LogP contribution in [0.25, 0.3) is 0 Å². The van der Waals surface area contributed by atoms with Crippen LogP contribution in [0.2, 0.25) is 0 Å². The van der Waals surface area contributed by atoms with Crippen molar-refractivity contribution in [3.05, 3.63) is 35.9 Å². The minimum atomic E-state index is -0.412. The van der Waals surface area contributed by atoms with Crippen molar-refractivity contribution in [3.63, 3.8) is 0 Å². The van der Waals surface area contributed by atoms with Crippen LogP contribution in [0.15, 0.2) is 30.3 Å². The molecule has 5 aliphatic rings. The Morgan fingerprint density at radius 1 is 1.00 bits per heavy atom. The third-order valence-electron chi connectivity index (χ3n) is 7.27. The van der Waals surface area contributed by atoms with Gasteiger partial charge in [-0.3, -0.25) is 9.59 Å². The monoisotopic (exact) mass is 357 g/mol. The van der Waals surface area contributed by atoms with Crippen molar-refractivity contribution >= 4 is 22.8 Å². The Balaban J connectivity index is 1.58. The summed E-state index contributed by atoms with van der Waals surface area (Å²) in [5, 5.41) is -0.366. The number of carbonyl (C=O) groups is 2. The van der Waals surface area contributed by atoms with Gasteiger partial charge in [0.05, 0.1) is 12.0 Å². The van der Waals surface area contributed by atoms with Gasteiger partial charge in [0.2, 0.25) is 11.1 Å². The van der Waals surface area contributed by atoms with Crippen LogP contribution in [0.4, 0.5) is 0 Å². The molecule has 1 amide bonds. The van der Waals surface area contributed by atoms with Crippen molar-refractivity contribution in [1.29, 1.82) is 0 Å². The maximum atomic E-state index is 13.1. The maximum absolute atomic E-state index is 13.1. The van der Waals surface area contributed by atoms with E-state index in [0.29, 0.717) is 0 Å². The highest BCUT2D eigenvalue weighted by atomic mass is 35.5. The second-order valence-electron chi connectivity index (χ2n) is 8.88. The third kappa shape index (κ3) is 2.38. The van der Waals surface area contributed by atoms with Gasteiger partial charge in [-0.05, 0) is 73.4 Å². The second-order valence-corrected chi connectivity index (χ2v) is 9.25. The molecule has 1 aliphatic heterocycles. The number of halogens is 1. The van der Waals surface area contributed by atoms with E-state index in [-0.39, 0.29) is 29.2 Å². The van der Waals surface area contributed by atoms with Gasteiger partial charge >= 0.3 is 0 Å². The fourth-order valence-corrected chi connectivity index (χ4v) is 7.09. The van der Waals surface area contributed by atoms with E-state index in [0.717, 1.165) is 42.6 Å². The summed E-state index contributed by atoms with van der Waals surface area (Å²) in [6.45, 7) is 0. The number of hydrogen-bond acceptors (Lipinski definition) is 2. The Kier molecular flexibility index (Phi) is 3.54. The van der Waals surface area contributed by atoms with Gasteiger partial charge in [0.15, 0.2) is 0 Å². The molecular formula is C21H24ClNO2. The van der Waals surface area contributed by atoms with Crippen LogP contribution >= 0.6 is 11.6 Å². The topological polar surface area (TPSA) is 37.4 Å². The molecule has 1 aromatic rings. The van der Waals surface area contributed by atoms with E-state index in [1.807, 2.05) is 30.3 Å². The first-order chi connectivity index (χ1) is 12.1. The summed E-state index contributed by atoms with van der Waals surface area (Å²) in [5.41, 5.74) is 1.02. The predicted octanol–water partition coefficient (Wildman–Crippen LogP) is 4.31. The number of hydrogen-bond donors (Lipinski definition) is 0. The first-order valence-electron chi connectivity index (χ1n) is 9.62. The Morgan fingerprint density at radius 3 is 2.08 bits per heavy atom. The molecule has 4 saturated carbocycles. The molecule has 3 nitrogen and oxygen atoms in total. The van der Waals surface area contributed by atoms with Gasteiger partial charge in [0, 0.05) is 12.0 Å². The molecule has 4 bridgehead atoms. The molecular weight excluding hydrogens is 334 g/mol. The summed E-state index contributed by atoms with van der Waals surface area (Å²) in [5.74, 6) is 2.02. The van der Waals surface area contributed by atoms with Gasteiger partial charge < -0.3 is 4.90 Å². The predicted molar refractivity (Wildman–Crippen MR) is 95.9 cm³/mol. The van der Waals surface area contributed by atoms with E-state index in [1.54, 1.807) is 0 Å². The fourth-order valence-electron chi connectivity index (χ4n) is 6.89. The summed E-state index contributed by atoms with van der Waals surface area (Å²) < 4.78 is 0. The Morgan fingerprint density at radius 2 is 1.56 bits per heavy atom. The summed E-state index contributed by atoms with van der Waals surface area (Å²) in [4.78, 5) is 27.4. The SMILES string of the molecule is O=C(Cl)[C@H]1CC(=O)N(C23CC4CC(CC(C4)C2)C3)[C@H]1c1ccccc1. The molecule has 5 fully saturated rings. The molecule has 1 saturated heterocycles. The lowest BCUT2D eigenvalue weighted by atomic mass is 9.52. The van der Waals surface area contributed by atoms with Crippen LogP contribution in [-0.2, 0) is 9.59 Å². The third-order valence-corrected chi connectivity index (χ3v) is 7.55. The molecule has 4 aliphatic carbocycles. The molecule has 0 spiro atoms. The van der Waals surface area contributed by atoms with Gasteiger partial charge in [-0.1, -0.05) is 30.3 Å². The number of carbonyl (C=O) groups excluding carboxylic acids is 2. The standard InChI is InChI=1S/C21H24ClNO2/c22-20(25)17-9-18(24)23(19(17)16-4-2-1-3-5-16)21-10-13-6-14(11-21)8-15(7-13)12-21/h1-5,13-15,17,19H,6-12H2/t13?,14?,15?,17-,19-,21?/m0/s1. The van der Waals surface area contributed by atoms with Crippen molar-refractivity contribution in [2.45, 2.75) is 56.5 Å². The normalized spacial score (nSPS) is 42.2. The van der Waals surface area contributed by atoms with Crippen molar-refractivity contribution in [3.8, 4) is 0 Å². The molecule has 6 rings (SSSR count). The minimum Gasteiger partial charge on any atom is -0.329 e. The van der Waals surface area contributed by atoms with Crippen LogP contribution in [0, 0.1) is 23.7 Å². The van der Waals surface area contributed by atoms with Crippen molar-refractivity contribution in [1.82, 2.24) is 4.90 Å². The average molecular weight is 358 g/mol. The highest BCUT2D eigenvalue weighted by molar-refractivity contribution is 6.64. The molecule has 1 heterocycles. The van der Waals surface area contributed by atoms with Gasteiger partial charge in [-0.2, -0.15) is 0 Å². The zero-order valence-electron chi connectivity index (χ0n) is 14.4. The number of likely N-dealkylation sites (tertiary alicyclic amines) is 1. The van der Waals surface area contributed by atoms with E-state index < -0.39 is 5.92 Å². The Hall–Kier alpha value is -1.35. The summed E-state index contributed by atoms with van der Waals surface area (Å²) in [6, 6.07) is 9.87. The van der Waals surface area contributed by atoms with Crippen LogP contribution < -0.4 is 0 Å². The summed E-state index contributed by atoms with van der Waals surface area (Å²) in [6.07, 6.45) is 7.66. The lowest BCUT2D eigenvalue weighted by Gasteiger charge is -2.61. The average Bonchev–Trinajstić information content (AvgIpc) is 2.93. The van der Waals surface area contributed by atoms with Gasteiger partial charge in [-0.25, -0.2) is 0 Å². The van der Waals surface area contributed by atoms with Crippen LogP contribution in [-0.4, -0.2) is 21.6 Å². The van der Waals surface area contributed by atoms with Gasteiger partial charge in [0.1, 0.15) is 0 Å².